The van der Waals surface area contributed by atoms with Crippen LogP contribution in [-0.4, -0.2) is 11.7 Å². The van der Waals surface area contributed by atoms with Crippen LogP contribution < -0.4 is 4.74 Å². The van der Waals surface area contributed by atoms with E-state index in [0.717, 1.165) is 10.4 Å². The summed E-state index contributed by atoms with van der Waals surface area (Å²) in [5.74, 6) is 1.27. The highest BCUT2D eigenvalue weighted by molar-refractivity contribution is 7.43. The SMILES string of the molecule is CCOc1ccc2c(c1)sc1c2sc2c3ccc(O)cc3sc21. The second-order valence-corrected chi connectivity index (χ2v) is 8.52. The van der Waals surface area contributed by atoms with Crippen molar-refractivity contribution in [1.82, 2.24) is 0 Å². The van der Waals surface area contributed by atoms with E-state index in [-0.39, 0.29) is 0 Å². The smallest absolute Gasteiger partial charge is 0.120 e. The maximum Gasteiger partial charge on any atom is 0.120 e. The van der Waals surface area contributed by atoms with E-state index in [1.54, 1.807) is 17.4 Å². The third-order valence-electron chi connectivity index (χ3n) is 3.97. The van der Waals surface area contributed by atoms with Crippen LogP contribution in [0.1, 0.15) is 6.92 Å². The average molecular weight is 356 g/mol. The Morgan fingerprint density at radius 2 is 1.48 bits per heavy atom. The molecule has 1 N–H and O–H groups in total. The predicted molar refractivity (Wildman–Crippen MR) is 103 cm³/mol. The molecule has 0 unspecified atom stereocenters. The van der Waals surface area contributed by atoms with Gasteiger partial charge in [-0.25, -0.2) is 0 Å². The summed E-state index contributed by atoms with van der Waals surface area (Å²) >= 11 is 5.46. The topological polar surface area (TPSA) is 29.5 Å². The first kappa shape index (κ1) is 13.6. The summed E-state index contributed by atoms with van der Waals surface area (Å²) in [5.41, 5.74) is 0. The van der Waals surface area contributed by atoms with Crippen molar-refractivity contribution in [2.75, 3.05) is 6.61 Å². The predicted octanol–water partition coefficient (Wildman–Crippen LogP) is 6.59. The molecule has 5 aromatic rings. The van der Waals surface area contributed by atoms with E-state index in [2.05, 4.69) is 18.2 Å². The van der Waals surface area contributed by atoms with Crippen molar-refractivity contribution in [3.63, 3.8) is 0 Å². The standard InChI is InChI=1S/C18H12O2S3/c1-2-20-10-4-6-12-14(8-10)22-18-16(12)23-15-11-5-3-9(19)7-13(11)21-17(15)18/h3-8,19H,2H2,1H3. The lowest BCUT2D eigenvalue weighted by Crippen LogP contribution is -1.89. The molecule has 0 saturated carbocycles. The second kappa shape index (κ2) is 4.84. The zero-order valence-corrected chi connectivity index (χ0v) is 14.7. The Labute approximate surface area is 144 Å². The normalized spacial score (nSPS) is 12.0. The van der Waals surface area contributed by atoms with Crippen molar-refractivity contribution in [2.45, 2.75) is 6.92 Å². The van der Waals surface area contributed by atoms with Gasteiger partial charge in [0.1, 0.15) is 11.5 Å². The molecule has 3 heterocycles. The number of ether oxygens (including phenoxy) is 1. The molecule has 0 bridgehead atoms. The fraction of sp³-hybridized carbons (Fsp3) is 0.111. The van der Waals surface area contributed by atoms with Gasteiger partial charge in [0, 0.05) is 20.2 Å². The van der Waals surface area contributed by atoms with Gasteiger partial charge in [-0.05, 0) is 43.3 Å². The number of benzene rings is 2. The highest BCUT2D eigenvalue weighted by atomic mass is 32.1. The molecular formula is C18H12O2S3. The lowest BCUT2D eigenvalue weighted by Gasteiger charge is -2.01. The van der Waals surface area contributed by atoms with Crippen molar-refractivity contribution in [3.05, 3.63) is 36.4 Å². The van der Waals surface area contributed by atoms with Crippen molar-refractivity contribution in [2.24, 2.45) is 0 Å². The van der Waals surface area contributed by atoms with E-state index in [0.29, 0.717) is 12.4 Å². The third kappa shape index (κ3) is 1.90. The zero-order chi connectivity index (χ0) is 15.6. The van der Waals surface area contributed by atoms with Gasteiger partial charge in [-0.15, -0.1) is 34.0 Å². The molecule has 0 aliphatic heterocycles. The molecule has 5 rings (SSSR count). The fourth-order valence-electron chi connectivity index (χ4n) is 2.98. The van der Waals surface area contributed by atoms with Gasteiger partial charge in [-0.3, -0.25) is 0 Å². The largest absolute Gasteiger partial charge is 0.508 e. The van der Waals surface area contributed by atoms with Crippen LogP contribution >= 0.6 is 34.0 Å². The quantitative estimate of drug-likeness (QED) is 0.387. The molecule has 2 aromatic carbocycles. The molecule has 3 aromatic heterocycles. The van der Waals surface area contributed by atoms with E-state index >= 15 is 0 Å². The van der Waals surface area contributed by atoms with Gasteiger partial charge in [0.05, 0.1) is 25.4 Å². The summed E-state index contributed by atoms with van der Waals surface area (Å²) in [6.45, 7) is 2.70. The van der Waals surface area contributed by atoms with Crippen LogP contribution in [0.4, 0.5) is 0 Å². The zero-order valence-electron chi connectivity index (χ0n) is 12.3. The fourth-order valence-corrected chi connectivity index (χ4v) is 7.30. The average Bonchev–Trinajstić information content (AvgIpc) is 3.15. The summed E-state index contributed by atoms with van der Waals surface area (Å²) in [6, 6.07) is 12.0. The highest BCUT2D eigenvalue weighted by Gasteiger charge is 2.17. The van der Waals surface area contributed by atoms with Gasteiger partial charge < -0.3 is 9.84 Å². The van der Waals surface area contributed by atoms with Gasteiger partial charge >= 0.3 is 0 Å². The molecule has 0 aliphatic rings. The Balaban J connectivity index is 1.86. The summed E-state index contributed by atoms with van der Waals surface area (Å²) in [5, 5.41) is 12.3. The Morgan fingerprint density at radius 3 is 2.17 bits per heavy atom. The molecule has 0 amide bonds. The number of thiophene rings is 3. The van der Waals surface area contributed by atoms with Crippen molar-refractivity contribution >= 4 is 73.0 Å². The minimum atomic E-state index is 0.334. The third-order valence-corrected chi connectivity index (χ3v) is 7.95. The first-order valence-electron chi connectivity index (χ1n) is 7.37. The molecule has 0 saturated heterocycles. The van der Waals surface area contributed by atoms with Crippen LogP contribution in [0, 0.1) is 0 Å². The summed E-state index contributed by atoms with van der Waals surface area (Å²) in [6.07, 6.45) is 0. The van der Waals surface area contributed by atoms with Crippen molar-refractivity contribution in [1.29, 1.82) is 0 Å². The van der Waals surface area contributed by atoms with Gasteiger partial charge in [0.2, 0.25) is 0 Å². The number of phenols is 1. The van der Waals surface area contributed by atoms with Gasteiger partial charge in [0.25, 0.3) is 0 Å². The first-order valence-corrected chi connectivity index (χ1v) is 9.82. The summed E-state index contributed by atoms with van der Waals surface area (Å²) in [7, 11) is 0. The number of fused-ring (bicyclic) bond motifs is 7. The van der Waals surface area contributed by atoms with Crippen LogP contribution in [0.2, 0.25) is 0 Å². The molecule has 5 heteroatoms. The van der Waals surface area contributed by atoms with Crippen LogP contribution in [0.25, 0.3) is 39.0 Å². The molecule has 0 radical (unpaired) electrons. The minimum Gasteiger partial charge on any atom is -0.508 e. The molecule has 2 nitrogen and oxygen atoms in total. The van der Waals surface area contributed by atoms with Gasteiger partial charge in [-0.2, -0.15) is 0 Å². The van der Waals surface area contributed by atoms with Crippen molar-refractivity contribution < 1.29 is 9.84 Å². The Bertz CT molecular complexity index is 1190. The highest BCUT2D eigenvalue weighted by Crippen LogP contribution is 2.50. The number of aromatic hydroxyl groups is 1. The van der Waals surface area contributed by atoms with Gasteiger partial charge in [0.15, 0.2) is 0 Å². The maximum absolute atomic E-state index is 9.70. The summed E-state index contributed by atoms with van der Waals surface area (Å²) < 4.78 is 13.4. The van der Waals surface area contributed by atoms with E-state index in [4.69, 9.17) is 4.74 Å². The molecule has 0 spiro atoms. The van der Waals surface area contributed by atoms with Crippen molar-refractivity contribution in [3.8, 4) is 11.5 Å². The molecular weight excluding hydrogens is 344 g/mol. The first-order chi connectivity index (χ1) is 11.2. The number of hydrogen-bond donors (Lipinski definition) is 1. The molecule has 114 valence electrons. The van der Waals surface area contributed by atoms with E-state index in [1.165, 1.54) is 34.3 Å². The Morgan fingerprint density at radius 1 is 0.826 bits per heavy atom. The minimum absolute atomic E-state index is 0.334. The molecule has 0 aliphatic carbocycles. The van der Waals surface area contributed by atoms with Crippen LogP contribution in [-0.2, 0) is 0 Å². The number of phenolic OH excluding ortho intramolecular Hbond substituents is 1. The van der Waals surface area contributed by atoms with Crippen LogP contribution in [0.5, 0.6) is 11.5 Å². The van der Waals surface area contributed by atoms with E-state index < -0.39 is 0 Å². The molecule has 23 heavy (non-hydrogen) atoms. The lowest BCUT2D eigenvalue weighted by atomic mass is 10.2. The number of rotatable bonds is 2. The lowest BCUT2D eigenvalue weighted by molar-refractivity contribution is 0.341. The monoisotopic (exact) mass is 356 g/mol. The van der Waals surface area contributed by atoms with E-state index in [9.17, 15) is 5.11 Å². The number of hydrogen-bond acceptors (Lipinski definition) is 5. The Hall–Kier alpha value is -1.82. The van der Waals surface area contributed by atoms with Crippen LogP contribution in [0.3, 0.4) is 0 Å². The van der Waals surface area contributed by atoms with Gasteiger partial charge in [-0.1, -0.05) is 0 Å². The van der Waals surface area contributed by atoms with Crippen LogP contribution in [0.15, 0.2) is 36.4 Å². The second-order valence-electron chi connectivity index (χ2n) is 5.39. The molecule has 0 fully saturated rings. The Kier molecular flexibility index (Phi) is 2.86. The maximum atomic E-state index is 9.70. The van der Waals surface area contributed by atoms with E-state index in [1.807, 2.05) is 41.7 Å². The molecule has 0 atom stereocenters. The summed E-state index contributed by atoms with van der Waals surface area (Å²) in [4.78, 5) is 0.